The molecule has 0 nitrogen and oxygen atoms in total. The summed E-state index contributed by atoms with van der Waals surface area (Å²) in [6.45, 7) is 5.42. The second-order valence-electron chi connectivity index (χ2n) is 0.816. The lowest BCUT2D eigenvalue weighted by Gasteiger charge is -1.59. The first-order valence-electron chi connectivity index (χ1n) is 1.76. The monoisotopic (exact) mass is 69.1 g/mol. The molecule has 0 heteroatoms. The molecule has 0 aromatic carbocycles. The number of hydrogen-bond donors (Lipinski definition) is 0. The fourth-order valence-corrected chi connectivity index (χ4v) is 0.144. The van der Waals surface area contributed by atoms with Gasteiger partial charge >= 0.3 is 1.43 Å². The molecular weight excluding hydrogens is 60.1 g/mol. The Balaban J connectivity index is 0. The van der Waals surface area contributed by atoms with Crippen molar-refractivity contribution >= 4 is 0 Å². The molecule has 0 atom stereocenters. The van der Waals surface area contributed by atoms with Crippen LogP contribution in [0.5, 0.6) is 0 Å². The van der Waals surface area contributed by atoms with Crippen molar-refractivity contribution < 1.29 is 1.43 Å². The topological polar surface area (TPSA) is 0 Å². The Labute approximate surface area is 34.3 Å². The summed E-state index contributed by atoms with van der Waals surface area (Å²) in [6.07, 6.45) is 2.93. The van der Waals surface area contributed by atoms with E-state index in [1.165, 1.54) is 0 Å². The molecule has 0 radical (unpaired) electrons. The van der Waals surface area contributed by atoms with Crippen LogP contribution in [0.15, 0.2) is 18.4 Å². The van der Waals surface area contributed by atoms with Gasteiger partial charge in [-0.3, -0.25) is 0 Å². The van der Waals surface area contributed by atoms with Crippen molar-refractivity contribution in [2.75, 3.05) is 0 Å². The maximum atomic E-state index is 3.37. The zero-order chi connectivity index (χ0) is 4.12. The van der Waals surface area contributed by atoms with E-state index in [0.717, 1.165) is 6.42 Å². The summed E-state index contributed by atoms with van der Waals surface area (Å²) in [5.74, 6) is 0. The minimum atomic E-state index is 0. The second kappa shape index (κ2) is 3.52. The van der Waals surface area contributed by atoms with Gasteiger partial charge < -0.3 is 0 Å². The molecule has 28 valence electrons. The number of allylic oxidation sites excluding steroid dienone is 1. The number of rotatable bonds is 1. The van der Waals surface area contributed by atoms with Crippen LogP contribution in [0.25, 0.3) is 0 Å². The van der Waals surface area contributed by atoms with E-state index in [1.54, 1.807) is 0 Å². The summed E-state index contributed by atoms with van der Waals surface area (Å²) >= 11 is 0. The van der Waals surface area contributed by atoms with Gasteiger partial charge in [0, 0.05) is 0 Å². The summed E-state index contributed by atoms with van der Waals surface area (Å²) < 4.78 is 0. The van der Waals surface area contributed by atoms with Gasteiger partial charge in [-0.05, 0) is 12.5 Å². The Morgan fingerprint density at radius 1 is 2.20 bits per heavy atom. The van der Waals surface area contributed by atoms with Crippen LogP contribution in [0.1, 0.15) is 14.8 Å². The summed E-state index contributed by atoms with van der Waals surface area (Å²) in [4.78, 5) is 0. The summed E-state index contributed by atoms with van der Waals surface area (Å²) in [6, 6.07) is 0. The Kier molecular flexibility index (Phi) is 3.18. The predicted octanol–water partition coefficient (Wildman–Crippen LogP) is 1.85. The van der Waals surface area contributed by atoms with Crippen molar-refractivity contribution in [2.45, 2.75) is 13.3 Å². The van der Waals surface area contributed by atoms with Crippen molar-refractivity contribution in [3.05, 3.63) is 18.4 Å². The molecular formula is C5H9+. The fraction of sp³-hybridized carbons (Fsp3) is 0.400. The number of hydrogen-bond acceptors (Lipinski definition) is 0. The lowest BCUT2D eigenvalue weighted by atomic mass is 10.5. The van der Waals surface area contributed by atoms with E-state index in [9.17, 15) is 0 Å². The molecule has 0 rings (SSSR count). The van der Waals surface area contributed by atoms with Crippen LogP contribution in [0.2, 0.25) is 0 Å². The van der Waals surface area contributed by atoms with Crippen molar-refractivity contribution in [3.8, 4) is 0 Å². The standard InChI is InChI=1S/C5H8/c1-3-5-4-2/h5H,1,4H2,2H3/p+1. The molecule has 0 saturated heterocycles. The lowest BCUT2D eigenvalue weighted by Crippen LogP contribution is -1.39. The van der Waals surface area contributed by atoms with Gasteiger partial charge in [0.25, 0.3) is 0 Å². The van der Waals surface area contributed by atoms with Crippen molar-refractivity contribution in [1.82, 2.24) is 0 Å². The maximum absolute atomic E-state index is 3.37. The van der Waals surface area contributed by atoms with E-state index in [2.05, 4.69) is 19.2 Å². The van der Waals surface area contributed by atoms with Gasteiger partial charge in [-0.15, -0.1) is 5.73 Å². The molecule has 0 aromatic heterocycles. The van der Waals surface area contributed by atoms with Gasteiger partial charge in [-0.2, -0.15) is 0 Å². The molecule has 0 heterocycles. The average molecular weight is 69.1 g/mol. The highest BCUT2D eigenvalue weighted by molar-refractivity contribution is 4.72. The zero-order valence-corrected chi connectivity index (χ0v) is 3.49. The van der Waals surface area contributed by atoms with Crippen LogP contribution in [0.3, 0.4) is 0 Å². The Hall–Kier alpha value is -0.480. The Bertz CT molecular complexity index is 51.0. The van der Waals surface area contributed by atoms with Crippen LogP contribution >= 0.6 is 0 Å². The molecule has 0 aromatic rings. The lowest BCUT2D eigenvalue weighted by molar-refractivity contribution is 1.23. The summed E-state index contributed by atoms with van der Waals surface area (Å²) in [5, 5.41) is 0. The molecule has 0 aliphatic heterocycles. The first-order chi connectivity index (χ1) is 2.41. The first kappa shape index (κ1) is 4.52. The minimum Gasteiger partial charge on any atom is -0.133 e. The van der Waals surface area contributed by atoms with Crippen LogP contribution in [0, 0.1) is 0 Å². The zero-order valence-electron chi connectivity index (χ0n) is 4.49. The van der Waals surface area contributed by atoms with E-state index >= 15 is 0 Å². The SMILES string of the molecule is C=C=CCC.[H+]. The van der Waals surface area contributed by atoms with Gasteiger partial charge in [0.15, 0.2) is 0 Å². The third-order valence-corrected chi connectivity index (χ3v) is 0.348. The van der Waals surface area contributed by atoms with Gasteiger partial charge in [-0.1, -0.05) is 13.5 Å². The molecule has 0 unspecified atom stereocenters. The van der Waals surface area contributed by atoms with Crippen molar-refractivity contribution in [2.24, 2.45) is 0 Å². The minimum absolute atomic E-state index is 0. The Morgan fingerprint density at radius 3 is 2.80 bits per heavy atom. The molecule has 0 bridgehead atoms. The second-order valence-corrected chi connectivity index (χ2v) is 0.816. The molecule has 5 heavy (non-hydrogen) atoms. The van der Waals surface area contributed by atoms with Gasteiger partial charge in [0.2, 0.25) is 0 Å². The average Bonchev–Trinajstić information content (AvgIpc) is 1.41. The van der Waals surface area contributed by atoms with E-state index in [4.69, 9.17) is 0 Å². The molecule has 0 spiro atoms. The molecule has 0 aliphatic rings. The van der Waals surface area contributed by atoms with E-state index in [1.807, 2.05) is 6.08 Å². The predicted molar refractivity (Wildman–Crippen MR) is 25.1 cm³/mol. The fourth-order valence-electron chi connectivity index (χ4n) is 0.144. The van der Waals surface area contributed by atoms with E-state index in [0.29, 0.717) is 0 Å². The molecule has 0 amide bonds. The largest absolute Gasteiger partial charge is 1.00 e. The summed E-state index contributed by atoms with van der Waals surface area (Å²) in [5.41, 5.74) is 2.64. The smallest absolute Gasteiger partial charge is 0.133 e. The van der Waals surface area contributed by atoms with Gasteiger partial charge in [0.1, 0.15) is 0 Å². The molecule has 0 fully saturated rings. The molecule has 0 saturated carbocycles. The highest BCUT2D eigenvalue weighted by Crippen LogP contribution is 1.69. The van der Waals surface area contributed by atoms with Crippen LogP contribution in [-0.2, 0) is 0 Å². The van der Waals surface area contributed by atoms with Gasteiger partial charge in [0.05, 0.1) is 0 Å². The maximum Gasteiger partial charge on any atom is 1.00 e. The van der Waals surface area contributed by atoms with Crippen molar-refractivity contribution in [1.29, 1.82) is 0 Å². The van der Waals surface area contributed by atoms with Crippen LogP contribution in [0.4, 0.5) is 0 Å². The van der Waals surface area contributed by atoms with E-state index in [-0.39, 0.29) is 1.43 Å². The van der Waals surface area contributed by atoms with Crippen LogP contribution in [-0.4, -0.2) is 0 Å². The van der Waals surface area contributed by atoms with E-state index < -0.39 is 0 Å². The van der Waals surface area contributed by atoms with Gasteiger partial charge in [-0.25, -0.2) is 0 Å². The summed E-state index contributed by atoms with van der Waals surface area (Å²) in [7, 11) is 0. The van der Waals surface area contributed by atoms with Crippen LogP contribution < -0.4 is 0 Å². The molecule has 0 N–H and O–H groups in total. The third kappa shape index (κ3) is 3.52. The molecule has 0 aliphatic carbocycles. The Morgan fingerprint density at radius 2 is 2.80 bits per heavy atom. The quantitative estimate of drug-likeness (QED) is 0.412. The first-order valence-corrected chi connectivity index (χ1v) is 1.76. The highest BCUT2D eigenvalue weighted by atomic mass is 13.6. The normalized spacial score (nSPS) is 5.80. The highest BCUT2D eigenvalue weighted by Gasteiger charge is 1.49. The van der Waals surface area contributed by atoms with Crippen molar-refractivity contribution in [3.63, 3.8) is 0 Å². The third-order valence-electron chi connectivity index (χ3n) is 0.348.